The summed E-state index contributed by atoms with van der Waals surface area (Å²) in [5.41, 5.74) is 0. The lowest BCUT2D eigenvalue weighted by molar-refractivity contribution is -0.0178. The SMILES string of the molecule is CCCCCCCCOCCOCCOCCOCCOCCOCCOS(=O)(=O)c1ccccc1. The summed E-state index contributed by atoms with van der Waals surface area (Å²) >= 11 is 0. The number of hydrogen-bond donors (Lipinski definition) is 0. The highest BCUT2D eigenvalue weighted by Gasteiger charge is 2.13. The second-order valence-electron chi connectivity index (χ2n) is 8.03. The first-order chi connectivity index (χ1) is 17.7. The van der Waals surface area contributed by atoms with E-state index in [2.05, 4.69) is 6.92 Å². The highest BCUT2D eigenvalue weighted by atomic mass is 32.2. The molecule has 0 aliphatic heterocycles. The predicted molar refractivity (Wildman–Crippen MR) is 138 cm³/mol. The Kier molecular flexibility index (Phi) is 22.2. The van der Waals surface area contributed by atoms with Gasteiger partial charge in [-0.2, -0.15) is 8.42 Å². The van der Waals surface area contributed by atoms with Gasteiger partial charge in [0.05, 0.1) is 84.2 Å². The van der Waals surface area contributed by atoms with Gasteiger partial charge < -0.3 is 28.4 Å². The lowest BCUT2D eigenvalue weighted by Crippen LogP contribution is -2.15. The molecule has 0 fully saturated rings. The molecule has 0 atom stereocenters. The topological polar surface area (TPSA) is 98.8 Å². The molecule has 0 amide bonds. The van der Waals surface area contributed by atoms with Crippen molar-refractivity contribution in [1.29, 1.82) is 0 Å². The molecular formula is C26H46O9S. The molecule has 1 rings (SSSR count). The van der Waals surface area contributed by atoms with Crippen LogP contribution in [0.5, 0.6) is 0 Å². The lowest BCUT2D eigenvalue weighted by atomic mass is 10.1. The molecule has 9 nitrogen and oxygen atoms in total. The fraction of sp³-hybridized carbons (Fsp3) is 0.769. The Hall–Kier alpha value is -1.11. The summed E-state index contributed by atoms with van der Waals surface area (Å²) in [7, 11) is -3.74. The third-order valence-corrected chi connectivity index (χ3v) is 6.33. The Balaban J connectivity index is 1.72. The van der Waals surface area contributed by atoms with Gasteiger partial charge in [0.2, 0.25) is 0 Å². The molecule has 0 heterocycles. The second kappa shape index (κ2) is 24.2. The Morgan fingerprint density at radius 2 is 0.889 bits per heavy atom. The van der Waals surface area contributed by atoms with E-state index < -0.39 is 10.1 Å². The summed E-state index contributed by atoms with van der Waals surface area (Å²) < 4.78 is 61.4. The molecule has 1 aromatic rings. The van der Waals surface area contributed by atoms with Crippen LogP contribution in [-0.2, 0) is 42.7 Å². The van der Waals surface area contributed by atoms with E-state index in [1.54, 1.807) is 18.2 Å². The van der Waals surface area contributed by atoms with Gasteiger partial charge in [-0.3, -0.25) is 4.18 Å². The van der Waals surface area contributed by atoms with Gasteiger partial charge in [-0.1, -0.05) is 57.2 Å². The van der Waals surface area contributed by atoms with Crippen molar-refractivity contribution in [2.24, 2.45) is 0 Å². The zero-order valence-electron chi connectivity index (χ0n) is 21.9. The van der Waals surface area contributed by atoms with Crippen molar-refractivity contribution in [3.05, 3.63) is 30.3 Å². The molecule has 10 heteroatoms. The molecule has 0 aliphatic carbocycles. The van der Waals surface area contributed by atoms with Crippen molar-refractivity contribution in [1.82, 2.24) is 0 Å². The molecule has 210 valence electrons. The first kappa shape index (κ1) is 32.9. The van der Waals surface area contributed by atoms with E-state index in [0.29, 0.717) is 66.1 Å². The summed E-state index contributed by atoms with van der Waals surface area (Å²) in [6.07, 6.45) is 7.63. The molecule has 0 aromatic heterocycles. The molecule has 0 bridgehead atoms. The van der Waals surface area contributed by atoms with Crippen LogP contribution in [0.3, 0.4) is 0 Å². The normalized spacial score (nSPS) is 11.8. The minimum absolute atomic E-state index is 0.0432. The summed E-state index contributed by atoms with van der Waals surface area (Å²) in [5, 5.41) is 0. The number of benzene rings is 1. The highest BCUT2D eigenvalue weighted by molar-refractivity contribution is 7.86. The predicted octanol–water partition coefficient (Wildman–Crippen LogP) is 3.85. The molecule has 0 N–H and O–H groups in total. The zero-order valence-corrected chi connectivity index (χ0v) is 22.7. The summed E-state index contributed by atoms with van der Waals surface area (Å²) in [6.45, 7) is 8.14. The van der Waals surface area contributed by atoms with Crippen LogP contribution < -0.4 is 0 Å². The molecule has 1 aromatic carbocycles. The van der Waals surface area contributed by atoms with Crippen LogP contribution in [0.2, 0.25) is 0 Å². The van der Waals surface area contributed by atoms with Crippen LogP contribution in [0.15, 0.2) is 35.2 Å². The van der Waals surface area contributed by atoms with Gasteiger partial charge >= 0.3 is 0 Å². The van der Waals surface area contributed by atoms with E-state index >= 15 is 0 Å². The van der Waals surface area contributed by atoms with Crippen molar-refractivity contribution in [2.75, 3.05) is 85.9 Å². The Morgan fingerprint density at radius 1 is 0.500 bits per heavy atom. The van der Waals surface area contributed by atoms with Crippen LogP contribution in [-0.4, -0.2) is 94.3 Å². The number of rotatable bonds is 27. The van der Waals surface area contributed by atoms with Crippen molar-refractivity contribution >= 4 is 10.1 Å². The summed E-state index contributed by atoms with van der Waals surface area (Å²) in [5.74, 6) is 0. The third kappa shape index (κ3) is 20.0. The first-order valence-corrected chi connectivity index (χ1v) is 14.5. The van der Waals surface area contributed by atoms with Crippen LogP contribution in [0, 0.1) is 0 Å². The number of ether oxygens (including phenoxy) is 6. The number of unbranched alkanes of at least 4 members (excludes halogenated alkanes) is 5. The molecule has 0 unspecified atom stereocenters. The Labute approximate surface area is 217 Å². The standard InChI is InChI=1S/C26H46O9S/c1-2-3-4-5-6-10-13-29-14-15-30-16-17-31-18-19-32-20-21-33-22-23-34-24-25-35-36(27,28)26-11-8-7-9-12-26/h7-9,11-12H,2-6,10,13-25H2,1H3. The van der Waals surface area contributed by atoms with Crippen molar-refractivity contribution in [3.63, 3.8) is 0 Å². The molecule has 0 saturated carbocycles. The van der Waals surface area contributed by atoms with Crippen LogP contribution in [0.1, 0.15) is 45.4 Å². The van der Waals surface area contributed by atoms with E-state index in [4.69, 9.17) is 32.6 Å². The van der Waals surface area contributed by atoms with Gasteiger partial charge in [-0.05, 0) is 18.6 Å². The maximum atomic E-state index is 11.9. The monoisotopic (exact) mass is 534 g/mol. The number of hydrogen-bond acceptors (Lipinski definition) is 9. The van der Waals surface area contributed by atoms with Crippen molar-refractivity contribution < 1.29 is 41.0 Å². The highest BCUT2D eigenvalue weighted by Crippen LogP contribution is 2.10. The lowest BCUT2D eigenvalue weighted by Gasteiger charge is -2.08. The first-order valence-electron chi connectivity index (χ1n) is 13.1. The quantitative estimate of drug-likeness (QED) is 0.123. The van der Waals surface area contributed by atoms with Crippen LogP contribution >= 0.6 is 0 Å². The van der Waals surface area contributed by atoms with Crippen LogP contribution in [0.25, 0.3) is 0 Å². The summed E-state index contributed by atoms with van der Waals surface area (Å²) in [6, 6.07) is 8.01. The largest absolute Gasteiger partial charge is 0.379 e. The average Bonchev–Trinajstić information content (AvgIpc) is 2.89. The van der Waals surface area contributed by atoms with Crippen molar-refractivity contribution in [3.8, 4) is 0 Å². The van der Waals surface area contributed by atoms with E-state index in [1.165, 1.54) is 44.2 Å². The van der Waals surface area contributed by atoms with Gasteiger partial charge in [0, 0.05) is 6.61 Å². The van der Waals surface area contributed by atoms with Gasteiger partial charge in [-0.25, -0.2) is 0 Å². The van der Waals surface area contributed by atoms with Gasteiger partial charge in [0.1, 0.15) is 0 Å². The molecular weight excluding hydrogens is 488 g/mol. The van der Waals surface area contributed by atoms with E-state index in [1.807, 2.05) is 0 Å². The van der Waals surface area contributed by atoms with Crippen LogP contribution in [0.4, 0.5) is 0 Å². The average molecular weight is 535 g/mol. The maximum Gasteiger partial charge on any atom is 0.297 e. The van der Waals surface area contributed by atoms with E-state index in [-0.39, 0.29) is 18.1 Å². The fourth-order valence-electron chi connectivity index (χ4n) is 3.04. The third-order valence-electron chi connectivity index (χ3n) is 5.00. The smallest absolute Gasteiger partial charge is 0.297 e. The molecule has 0 aliphatic rings. The fourth-order valence-corrected chi connectivity index (χ4v) is 3.96. The minimum atomic E-state index is -3.74. The zero-order chi connectivity index (χ0) is 26.0. The molecule has 0 radical (unpaired) electrons. The van der Waals surface area contributed by atoms with Gasteiger partial charge in [0.25, 0.3) is 10.1 Å². The van der Waals surface area contributed by atoms with Crippen molar-refractivity contribution in [2.45, 2.75) is 50.3 Å². The Morgan fingerprint density at radius 3 is 1.36 bits per heavy atom. The van der Waals surface area contributed by atoms with Gasteiger partial charge in [-0.15, -0.1) is 0 Å². The summed E-state index contributed by atoms with van der Waals surface area (Å²) in [4.78, 5) is 0.131. The van der Waals surface area contributed by atoms with E-state index in [0.717, 1.165) is 13.0 Å². The Bertz CT molecular complexity index is 686. The molecule has 0 spiro atoms. The molecule has 0 saturated heterocycles. The molecule has 36 heavy (non-hydrogen) atoms. The maximum absolute atomic E-state index is 11.9. The second-order valence-corrected chi connectivity index (χ2v) is 9.65. The van der Waals surface area contributed by atoms with E-state index in [9.17, 15) is 8.42 Å². The minimum Gasteiger partial charge on any atom is -0.379 e. The van der Waals surface area contributed by atoms with Gasteiger partial charge in [0.15, 0.2) is 0 Å².